The van der Waals surface area contributed by atoms with E-state index in [1.165, 1.54) is 5.56 Å². The van der Waals surface area contributed by atoms with Crippen molar-refractivity contribution >= 4 is 22.7 Å². The average molecular weight is 345 g/mol. The summed E-state index contributed by atoms with van der Waals surface area (Å²) < 4.78 is 2.07. The SMILES string of the molecule is CCc1nc2n(n1)C[C@@H](NCc1csc(-c3ccsc3)n1)CC2. The van der Waals surface area contributed by atoms with Gasteiger partial charge >= 0.3 is 0 Å². The van der Waals surface area contributed by atoms with Gasteiger partial charge in [0.1, 0.15) is 10.8 Å². The highest BCUT2D eigenvalue weighted by atomic mass is 32.1. The fourth-order valence-electron chi connectivity index (χ4n) is 2.83. The quantitative estimate of drug-likeness (QED) is 0.772. The van der Waals surface area contributed by atoms with Crippen molar-refractivity contribution in [3.05, 3.63) is 39.5 Å². The molecule has 4 rings (SSSR count). The Hall–Kier alpha value is -1.57. The summed E-state index contributed by atoms with van der Waals surface area (Å²) in [6.45, 7) is 3.82. The fourth-order valence-corrected chi connectivity index (χ4v) is 4.36. The minimum Gasteiger partial charge on any atom is -0.306 e. The van der Waals surface area contributed by atoms with E-state index in [1.807, 2.05) is 0 Å². The predicted molar refractivity (Wildman–Crippen MR) is 93.8 cm³/mol. The van der Waals surface area contributed by atoms with Crippen molar-refractivity contribution in [2.24, 2.45) is 0 Å². The number of aryl methyl sites for hydroxylation is 2. The molecule has 7 heteroatoms. The van der Waals surface area contributed by atoms with Gasteiger partial charge in [0.2, 0.25) is 0 Å². The number of nitrogens with one attached hydrogen (secondary N) is 1. The van der Waals surface area contributed by atoms with Crippen LogP contribution in [0.15, 0.2) is 22.2 Å². The van der Waals surface area contributed by atoms with Crippen LogP contribution in [0.2, 0.25) is 0 Å². The van der Waals surface area contributed by atoms with Gasteiger partial charge in [0.15, 0.2) is 5.82 Å². The minimum absolute atomic E-state index is 0.445. The molecule has 1 aliphatic rings. The lowest BCUT2D eigenvalue weighted by molar-refractivity contribution is 0.356. The molecule has 23 heavy (non-hydrogen) atoms. The van der Waals surface area contributed by atoms with Crippen LogP contribution < -0.4 is 5.32 Å². The van der Waals surface area contributed by atoms with E-state index in [0.29, 0.717) is 6.04 Å². The predicted octanol–water partition coefficient (Wildman–Crippen LogP) is 3.13. The molecule has 0 spiro atoms. The fraction of sp³-hybridized carbons (Fsp3) is 0.438. The molecule has 0 amide bonds. The lowest BCUT2D eigenvalue weighted by Crippen LogP contribution is -2.37. The number of aromatic nitrogens is 4. The van der Waals surface area contributed by atoms with E-state index in [-0.39, 0.29) is 0 Å². The highest BCUT2D eigenvalue weighted by Crippen LogP contribution is 2.25. The zero-order valence-electron chi connectivity index (χ0n) is 13.0. The molecule has 3 aromatic heterocycles. The van der Waals surface area contributed by atoms with Crippen LogP contribution in [-0.4, -0.2) is 25.8 Å². The van der Waals surface area contributed by atoms with E-state index in [9.17, 15) is 0 Å². The third-order valence-electron chi connectivity index (χ3n) is 4.11. The Morgan fingerprint density at radius 3 is 3.13 bits per heavy atom. The second kappa shape index (κ2) is 6.51. The number of hydrogen-bond acceptors (Lipinski definition) is 6. The molecule has 0 saturated carbocycles. The Bertz CT molecular complexity index is 774. The number of rotatable bonds is 5. The van der Waals surface area contributed by atoms with E-state index >= 15 is 0 Å². The first-order valence-electron chi connectivity index (χ1n) is 7.94. The van der Waals surface area contributed by atoms with Gasteiger partial charge in [0.25, 0.3) is 0 Å². The van der Waals surface area contributed by atoms with Crippen molar-refractivity contribution in [2.45, 2.75) is 45.3 Å². The highest BCUT2D eigenvalue weighted by molar-refractivity contribution is 7.14. The Morgan fingerprint density at radius 1 is 1.35 bits per heavy atom. The van der Waals surface area contributed by atoms with E-state index in [4.69, 9.17) is 4.98 Å². The van der Waals surface area contributed by atoms with Crippen molar-refractivity contribution in [3.63, 3.8) is 0 Å². The third kappa shape index (κ3) is 3.22. The Labute approximate surface area is 143 Å². The molecule has 1 atom stereocenters. The summed E-state index contributed by atoms with van der Waals surface area (Å²) in [5.74, 6) is 2.09. The van der Waals surface area contributed by atoms with Crippen molar-refractivity contribution in [3.8, 4) is 10.6 Å². The van der Waals surface area contributed by atoms with Crippen LogP contribution in [0.3, 0.4) is 0 Å². The van der Waals surface area contributed by atoms with Crippen molar-refractivity contribution < 1.29 is 0 Å². The monoisotopic (exact) mass is 345 g/mol. The zero-order chi connectivity index (χ0) is 15.6. The molecular weight excluding hydrogens is 326 g/mol. The third-order valence-corrected chi connectivity index (χ3v) is 5.73. The van der Waals surface area contributed by atoms with Crippen LogP contribution in [0.1, 0.15) is 30.7 Å². The first-order valence-corrected chi connectivity index (χ1v) is 9.77. The van der Waals surface area contributed by atoms with Crippen LogP contribution in [-0.2, 0) is 25.9 Å². The number of thiazole rings is 1. The summed E-state index contributed by atoms with van der Waals surface area (Å²) in [6.07, 6.45) is 3.02. The topological polar surface area (TPSA) is 55.6 Å². The average Bonchev–Trinajstić information content (AvgIpc) is 3.30. The van der Waals surface area contributed by atoms with Crippen LogP contribution in [0.25, 0.3) is 10.6 Å². The summed E-state index contributed by atoms with van der Waals surface area (Å²) in [5.41, 5.74) is 2.35. The molecule has 5 nitrogen and oxygen atoms in total. The lowest BCUT2D eigenvalue weighted by Gasteiger charge is -2.23. The number of fused-ring (bicyclic) bond motifs is 1. The smallest absolute Gasteiger partial charge is 0.150 e. The van der Waals surface area contributed by atoms with Crippen molar-refractivity contribution in [1.29, 1.82) is 0 Å². The molecule has 0 radical (unpaired) electrons. The molecule has 120 valence electrons. The van der Waals surface area contributed by atoms with Crippen molar-refractivity contribution in [2.75, 3.05) is 0 Å². The Morgan fingerprint density at radius 2 is 2.30 bits per heavy atom. The van der Waals surface area contributed by atoms with Gasteiger partial charge in [-0.2, -0.15) is 16.4 Å². The largest absolute Gasteiger partial charge is 0.306 e. The minimum atomic E-state index is 0.445. The molecule has 0 unspecified atom stereocenters. The Kier molecular flexibility index (Phi) is 4.24. The van der Waals surface area contributed by atoms with E-state index in [2.05, 4.69) is 49.2 Å². The molecular formula is C16H19N5S2. The standard InChI is InChI=1S/C16H19N5S2/c1-2-14-19-15-4-3-12(8-21(15)20-14)17-7-13-10-23-16(18-13)11-5-6-22-9-11/h5-6,9-10,12,17H,2-4,7-8H2,1H3/t12-/m0/s1. The van der Waals surface area contributed by atoms with Gasteiger partial charge in [-0.1, -0.05) is 6.92 Å². The Balaban J connectivity index is 1.36. The van der Waals surface area contributed by atoms with Crippen LogP contribution in [0.4, 0.5) is 0 Å². The van der Waals surface area contributed by atoms with Gasteiger partial charge in [0.05, 0.1) is 12.2 Å². The van der Waals surface area contributed by atoms with Crippen molar-refractivity contribution in [1.82, 2.24) is 25.1 Å². The van der Waals surface area contributed by atoms with E-state index in [0.717, 1.165) is 54.7 Å². The maximum Gasteiger partial charge on any atom is 0.150 e. The summed E-state index contributed by atoms with van der Waals surface area (Å²) in [6, 6.07) is 2.57. The lowest BCUT2D eigenvalue weighted by atomic mass is 10.1. The van der Waals surface area contributed by atoms with E-state index in [1.54, 1.807) is 22.7 Å². The summed E-state index contributed by atoms with van der Waals surface area (Å²) in [5, 5.41) is 15.7. The maximum absolute atomic E-state index is 4.73. The number of nitrogens with zero attached hydrogens (tertiary/aromatic N) is 4. The second-order valence-corrected chi connectivity index (χ2v) is 7.39. The summed E-state index contributed by atoms with van der Waals surface area (Å²) in [4.78, 5) is 9.29. The molecule has 0 bridgehead atoms. The molecule has 0 fully saturated rings. The molecule has 1 aliphatic heterocycles. The normalized spacial score (nSPS) is 17.3. The van der Waals surface area contributed by atoms with Gasteiger partial charge in [-0.05, 0) is 17.9 Å². The molecule has 1 N–H and O–H groups in total. The molecule has 4 heterocycles. The first-order chi connectivity index (χ1) is 11.3. The van der Waals surface area contributed by atoms with Crippen LogP contribution >= 0.6 is 22.7 Å². The van der Waals surface area contributed by atoms with E-state index < -0.39 is 0 Å². The molecule has 0 aromatic carbocycles. The molecule has 3 aromatic rings. The van der Waals surface area contributed by atoms with Crippen LogP contribution in [0.5, 0.6) is 0 Å². The second-order valence-electron chi connectivity index (χ2n) is 5.75. The zero-order valence-corrected chi connectivity index (χ0v) is 14.7. The van der Waals surface area contributed by atoms with Gasteiger partial charge in [0, 0.05) is 41.8 Å². The number of thiophene rings is 1. The maximum atomic E-state index is 4.73. The first kappa shape index (κ1) is 15.0. The molecule has 0 saturated heterocycles. The van der Waals surface area contributed by atoms with Crippen LogP contribution in [0, 0.1) is 0 Å². The van der Waals surface area contributed by atoms with Gasteiger partial charge in [-0.3, -0.25) is 0 Å². The number of hydrogen-bond donors (Lipinski definition) is 1. The summed E-state index contributed by atoms with van der Waals surface area (Å²) in [7, 11) is 0. The highest BCUT2D eigenvalue weighted by Gasteiger charge is 2.21. The molecule has 0 aliphatic carbocycles. The summed E-state index contributed by atoms with van der Waals surface area (Å²) >= 11 is 3.43. The van der Waals surface area contributed by atoms with Gasteiger partial charge in [-0.25, -0.2) is 14.6 Å². The van der Waals surface area contributed by atoms with Gasteiger partial charge < -0.3 is 5.32 Å². The van der Waals surface area contributed by atoms with Gasteiger partial charge in [-0.15, -0.1) is 11.3 Å².